The molecule has 0 aliphatic carbocycles. The molecule has 4 rings (SSSR count). The van der Waals surface area contributed by atoms with Gasteiger partial charge in [-0.15, -0.1) is 23.7 Å². The average Bonchev–Trinajstić information content (AvgIpc) is 3.26. The molecule has 1 spiro atoms. The lowest BCUT2D eigenvalue weighted by Crippen LogP contribution is -2.43. The van der Waals surface area contributed by atoms with Gasteiger partial charge in [0.2, 0.25) is 0 Å². The Kier molecular flexibility index (Phi) is 5.52. The third kappa shape index (κ3) is 3.62. The van der Waals surface area contributed by atoms with Crippen LogP contribution in [0.25, 0.3) is 11.1 Å². The van der Waals surface area contributed by atoms with Crippen LogP contribution in [-0.2, 0) is 0 Å². The molecule has 1 N–H and O–H groups in total. The smallest absolute Gasteiger partial charge is 0.264 e. The Balaban J connectivity index is 0.00000182. The van der Waals surface area contributed by atoms with Crippen molar-refractivity contribution >= 4 is 29.7 Å². The summed E-state index contributed by atoms with van der Waals surface area (Å²) in [7, 11) is 0. The molecular weight excluding hydrogens is 352 g/mol. The summed E-state index contributed by atoms with van der Waals surface area (Å²) in [6.45, 7) is 6.14. The van der Waals surface area contributed by atoms with Crippen molar-refractivity contribution in [1.29, 1.82) is 0 Å². The van der Waals surface area contributed by atoms with Crippen LogP contribution in [0.5, 0.6) is 0 Å². The molecule has 0 unspecified atom stereocenters. The normalized spacial score (nSPS) is 19.0. The van der Waals surface area contributed by atoms with Crippen molar-refractivity contribution in [3.63, 3.8) is 0 Å². The zero-order valence-electron chi connectivity index (χ0n) is 14.6. The number of likely N-dealkylation sites (tertiary alicyclic amines) is 1. The van der Waals surface area contributed by atoms with E-state index in [0.717, 1.165) is 55.0 Å². The SMILES string of the molecule is Cc1ccc(-c2ccsc2C(=O)N2CCC3(CCNC3)CC2)cc1.Cl. The van der Waals surface area contributed by atoms with E-state index >= 15 is 0 Å². The highest BCUT2D eigenvalue weighted by atomic mass is 35.5. The summed E-state index contributed by atoms with van der Waals surface area (Å²) in [5.41, 5.74) is 3.91. The first-order chi connectivity index (χ1) is 11.7. The van der Waals surface area contributed by atoms with E-state index in [1.165, 1.54) is 12.0 Å². The molecule has 0 bridgehead atoms. The van der Waals surface area contributed by atoms with Crippen LogP contribution in [0.4, 0.5) is 0 Å². The lowest BCUT2D eigenvalue weighted by molar-refractivity contribution is 0.0613. The van der Waals surface area contributed by atoms with Crippen LogP contribution < -0.4 is 5.32 Å². The number of nitrogens with zero attached hydrogens (tertiary/aromatic N) is 1. The van der Waals surface area contributed by atoms with E-state index in [2.05, 4.69) is 47.5 Å². The fourth-order valence-corrected chi connectivity index (χ4v) is 4.87. The molecule has 3 heterocycles. The van der Waals surface area contributed by atoms with Gasteiger partial charge < -0.3 is 10.2 Å². The second-order valence-electron chi connectivity index (χ2n) is 7.25. The third-order valence-corrected chi connectivity index (χ3v) is 6.57. The van der Waals surface area contributed by atoms with Crippen molar-refractivity contribution in [2.24, 2.45) is 5.41 Å². The van der Waals surface area contributed by atoms with E-state index in [0.29, 0.717) is 5.41 Å². The van der Waals surface area contributed by atoms with Gasteiger partial charge >= 0.3 is 0 Å². The number of halogens is 1. The van der Waals surface area contributed by atoms with Crippen molar-refractivity contribution in [1.82, 2.24) is 10.2 Å². The fourth-order valence-electron chi connectivity index (χ4n) is 3.99. The molecule has 0 radical (unpaired) electrons. The quantitative estimate of drug-likeness (QED) is 0.844. The summed E-state index contributed by atoms with van der Waals surface area (Å²) >= 11 is 1.57. The minimum atomic E-state index is 0. The molecule has 2 aliphatic rings. The maximum Gasteiger partial charge on any atom is 0.264 e. The molecule has 2 aliphatic heterocycles. The van der Waals surface area contributed by atoms with Crippen molar-refractivity contribution < 1.29 is 4.79 Å². The van der Waals surface area contributed by atoms with Gasteiger partial charge in [0.1, 0.15) is 0 Å². The summed E-state index contributed by atoms with van der Waals surface area (Å²) in [6.07, 6.45) is 3.54. The standard InChI is InChI=1S/C20H24N2OS.ClH/c1-15-2-4-16(5-3-15)17-6-13-24-18(17)19(23)22-11-8-20(9-12-22)7-10-21-14-20;/h2-6,13,21H,7-12,14H2,1H3;1H. The summed E-state index contributed by atoms with van der Waals surface area (Å²) in [6, 6.07) is 10.5. The van der Waals surface area contributed by atoms with E-state index in [9.17, 15) is 4.79 Å². The Bertz CT molecular complexity index is 724. The molecule has 1 aromatic carbocycles. The maximum absolute atomic E-state index is 13.0. The van der Waals surface area contributed by atoms with E-state index < -0.39 is 0 Å². The maximum atomic E-state index is 13.0. The first-order valence-electron chi connectivity index (χ1n) is 8.81. The number of piperidine rings is 1. The number of rotatable bonds is 2. The predicted octanol–water partition coefficient (Wildman–Crippen LogP) is 4.36. The summed E-state index contributed by atoms with van der Waals surface area (Å²) in [4.78, 5) is 16.0. The van der Waals surface area contributed by atoms with Gasteiger partial charge in [-0.2, -0.15) is 0 Å². The van der Waals surface area contributed by atoms with Gasteiger partial charge in [-0.25, -0.2) is 0 Å². The van der Waals surface area contributed by atoms with E-state index in [4.69, 9.17) is 0 Å². The number of carbonyl (C=O) groups is 1. The zero-order chi connectivity index (χ0) is 16.6. The van der Waals surface area contributed by atoms with Crippen molar-refractivity contribution in [3.05, 3.63) is 46.2 Å². The summed E-state index contributed by atoms with van der Waals surface area (Å²) in [5, 5.41) is 5.52. The molecule has 2 fully saturated rings. The van der Waals surface area contributed by atoms with Crippen LogP contribution in [0.3, 0.4) is 0 Å². The summed E-state index contributed by atoms with van der Waals surface area (Å²) < 4.78 is 0. The molecule has 3 nitrogen and oxygen atoms in total. The number of thiophene rings is 1. The van der Waals surface area contributed by atoms with Gasteiger partial charge in [-0.05, 0) is 55.2 Å². The second kappa shape index (κ2) is 7.48. The van der Waals surface area contributed by atoms with E-state index in [1.54, 1.807) is 11.3 Å². The molecule has 134 valence electrons. The highest BCUT2D eigenvalue weighted by molar-refractivity contribution is 7.12. The Morgan fingerprint density at radius 3 is 2.48 bits per heavy atom. The number of aryl methyl sites for hydroxylation is 1. The van der Waals surface area contributed by atoms with E-state index in [-0.39, 0.29) is 18.3 Å². The topological polar surface area (TPSA) is 32.3 Å². The van der Waals surface area contributed by atoms with Crippen LogP contribution in [0.15, 0.2) is 35.7 Å². The minimum absolute atomic E-state index is 0. The molecule has 0 saturated carbocycles. The lowest BCUT2D eigenvalue weighted by atomic mass is 9.78. The van der Waals surface area contributed by atoms with E-state index in [1.807, 2.05) is 5.38 Å². The van der Waals surface area contributed by atoms with Crippen LogP contribution >= 0.6 is 23.7 Å². The van der Waals surface area contributed by atoms with Gasteiger partial charge in [0.05, 0.1) is 4.88 Å². The number of hydrogen-bond acceptors (Lipinski definition) is 3. The third-order valence-electron chi connectivity index (χ3n) is 5.67. The fraction of sp³-hybridized carbons (Fsp3) is 0.450. The van der Waals surface area contributed by atoms with Crippen LogP contribution in [0, 0.1) is 12.3 Å². The largest absolute Gasteiger partial charge is 0.338 e. The molecule has 0 atom stereocenters. The molecule has 1 aromatic heterocycles. The number of nitrogens with one attached hydrogen (secondary N) is 1. The molecule has 1 amide bonds. The Morgan fingerprint density at radius 1 is 1.12 bits per heavy atom. The average molecular weight is 377 g/mol. The van der Waals surface area contributed by atoms with Crippen LogP contribution in [0.1, 0.15) is 34.5 Å². The summed E-state index contributed by atoms with van der Waals surface area (Å²) in [5.74, 6) is 0.210. The molecule has 2 saturated heterocycles. The number of carbonyl (C=O) groups excluding carboxylic acids is 1. The van der Waals surface area contributed by atoms with Crippen LogP contribution in [-0.4, -0.2) is 37.0 Å². The van der Waals surface area contributed by atoms with Gasteiger partial charge in [0.25, 0.3) is 5.91 Å². The first-order valence-corrected chi connectivity index (χ1v) is 9.69. The highest BCUT2D eigenvalue weighted by Crippen LogP contribution is 2.38. The minimum Gasteiger partial charge on any atom is -0.338 e. The second-order valence-corrected chi connectivity index (χ2v) is 8.16. The number of amides is 1. The van der Waals surface area contributed by atoms with Gasteiger partial charge in [0.15, 0.2) is 0 Å². The van der Waals surface area contributed by atoms with Gasteiger partial charge in [-0.1, -0.05) is 29.8 Å². The van der Waals surface area contributed by atoms with Gasteiger partial charge in [-0.3, -0.25) is 4.79 Å². The first kappa shape index (κ1) is 18.4. The molecular formula is C20H25ClN2OS. The number of benzene rings is 1. The number of hydrogen-bond donors (Lipinski definition) is 1. The van der Waals surface area contributed by atoms with Crippen LogP contribution in [0.2, 0.25) is 0 Å². The Hall–Kier alpha value is -1.36. The van der Waals surface area contributed by atoms with Crippen molar-refractivity contribution in [3.8, 4) is 11.1 Å². The Morgan fingerprint density at radius 2 is 1.84 bits per heavy atom. The van der Waals surface area contributed by atoms with Gasteiger partial charge in [0, 0.05) is 25.2 Å². The van der Waals surface area contributed by atoms with Crippen molar-refractivity contribution in [2.45, 2.75) is 26.2 Å². The monoisotopic (exact) mass is 376 g/mol. The highest BCUT2D eigenvalue weighted by Gasteiger charge is 2.38. The van der Waals surface area contributed by atoms with Crippen molar-refractivity contribution in [2.75, 3.05) is 26.2 Å². The zero-order valence-corrected chi connectivity index (χ0v) is 16.2. The Labute approximate surface area is 159 Å². The molecule has 5 heteroatoms. The molecule has 2 aromatic rings. The molecule has 25 heavy (non-hydrogen) atoms. The lowest BCUT2D eigenvalue weighted by Gasteiger charge is -2.38. The predicted molar refractivity (Wildman–Crippen MR) is 107 cm³/mol.